The molecule has 1 saturated heterocycles. The molecule has 3 heterocycles. The standard InChI is InChI=1S/C13H15BrN6O3/c1-9-6-10(14)23-12(9)13(22)19-4-2-18(3-5-19)11(21)7-20-8-15-16-17-20/h6,8H,2-5,7H2,1H3. The highest BCUT2D eigenvalue weighted by Gasteiger charge is 2.27. The number of aromatic nitrogens is 4. The van der Waals surface area contributed by atoms with Crippen LogP contribution in [-0.4, -0.2) is 68.0 Å². The summed E-state index contributed by atoms with van der Waals surface area (Å²) < 4.78 is 7.31. The van der Waals surface area contributed by atoms with Crippen molar-refractivity contribution in [3.05, 3.63) is 28.4 Å². The lowest BCUT2D eigenvalue weighted by Crippen LogP contribution is -2.51. The van der Waals surface area contributed by atoms with Crippen LogP contribution in [0.3, 0.4) is 0 Å². The Balaban J connectivity index is 1.57. The van der Waals surface area contributed by atoms with Crippen molar-refractivity contribution < 1.29 is 14.0 Å². The molecule has 2 aromatic heterocycles. The van der Waals surface area contributed by atoms with Crippen molar-refractivity contribution >= 4 is 27.7 Å². The van der Waals surface area contributed by atoms with Crippen molar-refractivity contribution in [3.8, 4) is 0 Å². The van der Waals surface area contributed by atoms with Crippen molar-refractivity contribution in [2.75, 3.05) is 26.2 Å². The number of tetrazole rings is 1. The number of carbonyl (C=O) groups excluding carboxylic acids is 2. The quantitative estimate of drug-likeness (QED) is 0.758. The predicted molar refractivity (Wildman–Crippen MR) is 81.4 cm³/mol. The summed E-state index contributed by atoms with van der Waals surface area (Å²) in [6, 6.07) is 1.76. The fourth-order valence-electron chi connectivity index (χ4n) is 2.45. The van der Waals surface area contributed by atoms with E-state index < -0.39 is 0 Å². The molecule has 0 unspecified atom stereocenters. The van der Waals surface area contributed by atoms with Gasteiger partial charge >= 0.3 is 0 Å². The highest BCUT2D eigenvalue weighted by Crippen LogP contribution is 2.21. The van der Waals surface area contributed by atoms with E-state index in [1.807, 2.05) is 6.92 Å². The van der Waals surface area contributed by atoms with Crippen molar-refractivity contribution in [2.24, 2.45) is 0 Å². The topological polar surface area (TPSA) is 97.4 Å². The lowest BCUT2D eigenvalue weighted by molar-refractivity contribution is -0.133. The molecular formula is C13H15BrN6O3. The van der Waals surface area contributed by atoms with Crippen LogP contribution in [0.15, 0.2) is 21.5 Å². The number of amides is 2. The number of hydrogen-bond acceptors (Lipinski definition) is 6. The summed E-state index contributed by atoms with van der Waals surface area (Å²) in [6.07, 6.45) is 1.40. The van der Waals surface area contributed by atoms with Crippen LogP contribution < -0.4 is 0 Å². The predicted octanol–water partition coefficient (Wildman–Crippen LogP) is 0.322. The SMILES string of the molecule is Cc1cc(Br)oc1C(=O)N1CCN(C(=O)Cn2cnnn2)CC1. The van der Waals surface area contributed by atoms with Gasteiger partial charge in [0.05, 0.1) is 0 Å². The smallest absolute Gasteiger partial charge is 0.290 e. The van der Waals surface area contributed by atoms with Gasteiger partial charge in [0.1, 0.15) is 12.9 Å². The highest BCUT2D eigenvalue weighted by molar-refractivity contribution is 9.10. The Labute approximate surface area is 140 Å². The van der Waals surface area contributed by atoms with E-state index in [-0.39, 0.29) is 18.4 Å². The first kappa shape index (κ1) is 15.7. The molecule has 0 radical (unpaired) electrons. The van der Waals surface area contributed by atoms with E-state index in [1.54, 1.807) is 15.9 Å². The van der Waals surface area contributed by atoms with Crippen LogP contribution >= 0.6 is 15.9 Å². The summed E-state index contributed by atoms with van der Waals surface area (Å²) in [6.45, 7) is 3.83. The molecule has 9 nitrogen and oxygen atoms in total. The van der Waals surface area contributed by atoms with Crippen LogP contribution in [0.5, 0.6) is 0 Å². The largest absolute Gasteiger partial charge is 0.444 e. The number of nitrogens with zero attached hydrogens (tertiary/aromatic N) is 6. The van der Waals surface area contributed by atoms with Crippen LogP contribution in [0.2, 0.25) is 0 Å². The Kier molecular flexibility index (Phi) is 4.42. The maximum Gasteiger partial charge on any atom is 0.290 e. The molecule has 0 aromatic carbocycles. The van der Waals surface area contributed by atoms with Gasteiger partial charge in [-0.05, 0) is 39.3 Å². The van der Waals surface area contributed by atoms with Gasteiger partial charge in [-0.1, -0.05) is 0 Å². The minimum Gasteiger partial charge on any atom is -0.444 e. The molecule has 1 aliphatic heterocycles. The molecule has 3 rings (SSSR count). The fraction of sp³-hybridized carbons (Fsp3) is 0.462. The summed E-state index contributed by atoms with van der Waals surface area (Å²) in [4.78, 5) is 28.0. The number of piperazine rings is 1. The van der Waals surface area contributed by atoms with Gasteiger partial charge < -0.3 is 14.2 Å². The van der Waals surface area contributed by atoms with Gasteiger partial charge in [0.15, 0.2) is 10.4 Å². The van der Waals surface area contributed by atoms with E-state index in [4.69, 9.17) is 4.42 Å². The summed E-state index contributed by atoms with van der Waals surface area (Å²) in [5, 5.41) is 10.7. The second kappa shape index (κ2) is 6.49. The zero-order valence-corrected chi connectivity index (χ0v) is 14.1. The third-order valence-electron chi connectivity index (χ3n) is 3.69. The minimum absolute atomic E-state index is 0.0682. The van der Waals surface area contributed by atoms with E-state index in [2.05, 4.69) is 31.5 Å². The lowest BCUT2D eigenvalue weighted by atomic mass is 10.2. The molecule has 0 N–H and O–H groups in total. The number of hydrogen-bond donors (Lipinski definition) is 0. The van der Waals surface area contributed by atoms with Crippen molar-refractivity contribution in [2.45, 2.75) is 13.5 Å². The van der Waals surface area contributed by atoms with E-state index in [0.717, 1.165) is 5.56 Å². The summed E-state index contributed by atoms with van der Waals surface area (Å²) in [5.41, 5.74) is 0.791. The normalized spacial score (nSPS) is 15.0. The number of carbonyl (C=O) groups is 2. The summed E-state index contributed by atoms with van der Waals surface area (Å²) >= 11 is 3.22. The molecule has 122 valence electrons. The molecule has 10 heteroatoms. The van der Waals surface area contributed by atoms with E-state index >= 15 is 0 Å². The third-order valence-corrected chi connectivity index (χ3v) is 4.08. The number of halogens is 1. The monoisotopic (exact) mass is 382 g/mol. The molecule has 0 aliphatic carbocycles. The zero-order chi connectivity index (χ0) is 16.4. The maximum atomic E-state index is 12.4. The van der Waals surface area contributed by atoms with Gasteiger partial charge in [-0.2, -0.15) is 0 Å². The first-order valence-corrected chi connectivity index (χ1v) is 7.87. The van der Waals surface area contributed by atoms with Gasteiger partial charge in [-0.25, -0.2) is 4.68 Å². The second-order valence-electron chi connectivity index (χ2n) is 5.24. The third kappa shape index (κ3) is 3.41. The van der Waals surface area contributed by atoms with Gasteiger partial charge in [0.2, 0.25) is 5.91 Å². The van der Waals surface area contributed by atoms with Gasteiger partial charge in [0.25, 0.3) is 5.91 Å². The summed E-state index contributed by atoms with van der Waals surface area (Å²) in [7, 11) is 0. The Bertz CT molecular complexity index is 705. The van der Waals surface area contributed by atoms with Crippen molar-refractivity contribution in [1.82, 2.24) is 30.0 Å². The van der Waals surface area contributed by atoms with Gasteiger partial charge in [0, 0.05) is 31.7 Å². The first-order valence-electron chi connectivity index (χ1n) is 7.08. The Morgan fingerprint density at radius 1 is 1.26 bits per heavy atom. The lowest BCUT2D eigenvalue weighted by Gasteiger charge is -2.34. The van der Waals surface area contributed by atoms with Crippen LogP contribution in [0.25, 0.3) is 0 Å². The molecule has 2 amide bonds. The van der Waals surface area contributed by atoms with E-state index in [9.17, 15) is 9.59 Å². The van der Waals surface area contributed by atoms with Gasteiger partial charge in [-0.15, -0.1) is 5.10 Å². The van der Waals surface area contributed by atoms with E-state index in [1.165, 1.54) is 11.0 Å². The molecule has 1 fully saturated rings. The number of rotatable bonds is 3. The fourth-order valence-corrected chi connectivity index (χ4v) is 2.95. The average Bonchev–Trinajstić information content (AvgIpc) is 3.16. The van der Waals surface area contributed by atoms with E-state index in [0.29, 0.717) is 36.6 Å². The van der Waals surface area contributed by atoms with Crippen LogP contribution in [0.4, 0.5) is 0 Å². The number of aryl methyl sites for hydroxylation is 1. The second-order valence-corrected chi connectivity index (χ2v) is 6.02. The van der Waals surface area contributed by atoms with Gasteiger partial charge in [-0.3, -0.25) is 9.59 Å². The average molecular weight is 383 g/mol. The molecule has 0 spiro atoms. The molecule has 23 heavy (non-hydrogen) atoms. The Hall–Kier alpha value is -2.23. The molecule has 0 atom stereocenters. The van der Waals surface area contributed by atoms with Crippen LogP contribution in [-0.2, 0) is 11.3 Å². The molecule has 0 bridgehead atoms. The zero-order valence-electron chi connectivity index (χ0n) is 12.5. The van der Waals surface area contributed by atoms with Crippen molar-refractivity contribution in [3.63, 3.8) is 0 Å². The highest BCUT2D eigenvalue weighted by atomic mass is 79.9. The Morgan fingerprint density at radius 2 is 1.96 bits per heavy atom. The molecule has 1 aliphatic rings. The molecule has 2 aromatic rings. The van der Waals surface area contributed by atoms with Crippen LogP contribution in [0.1, 0.15) is 16.1 Å². The summed E-state index contributed by atoms with van der Waals surface area (Å²) in [5.74, 6) is 0.118. The maximum absolute atomic E-state index is 12.4. The van der Waals surface area contributed by atoms with Crippen molar-refractivity contribution in [1.29, 1.82) is 0 Å². The number of furan rings is 1. The Morgan fingerprint density at radius 3 is 2.52 bits per heavy atom. The molecule has 0 saturated carbocycles. The van der Waals surface area contributed by atoms with Crippen LogP contribution in [0, 0.1) is 6.92 Å². The first-order chi connectivity index (χ1) is 11.0. The minimum atomic E-state index is -0.152. The molecular weight excluding hydrogens is 368 g/mol.